The van der Waals surface area contributed by atoms with E-state index in [1.54, 1.807) is 23.1 Å². The number of carbonyl (C=O) groups excluding carboxylic acids is 1. The molecule has 2 saturated heterocycles. The number of ether oxygens (including phenoxy) is 1. The van der Waals surface area contributed by atoms with Crippen LogP contribution >= 0.6 is 0 Å². The fourth-order valence-electron chi connectivity index (χ4n) is 6.13. The van der Waals surface area contributed by atoms with Crippen molar-refractivity contribution in [1.29, 1.82) is 0 Å². The molecule has 2 heterocycles. The highest BCUT2D eigenvalue weighted by atomic mass is 19.2. The van der Waals surface area contributed by atoms with E-state index in [9.17, 15) is 18.4 Å². The molecular formula is C33H36F2N2O4. The minimum atomic E-state index is -1.01. The molecule has 1 amide bonds. The fraction of sp³-hybridized carbons (Fsp3) is 0.394. The smallest absolute Gasteiger partial charge is 0.415 e. The van der Waals surface area contributed by atoms with Gasteiger partial charge in [0.1, 0.15) is 5.60 Å². The largest absolute Gasteiger partial charge is 0.478 e. The summed E-state index contributed by atoms with van der Waals surface area (Å²) in [5, 5.41) is 9.15. The maximum absolute atomic E-state index is 14.2. The molecule has 41 heavy (non-hydrogen) atoms. The average Bonchev–Trinajstić information content (AvgIpc) is 3.27. The van der Waals surface area contributed by atoms with Gasteiger partial charge >= 0.3 is 12.1 Å². The number of hydrogen-bond acceptors (Lipinski definition) is 4. The quantitative estimate of drug-likeness (QED) is 0.298. The van der Waals surface area contributed by atoms with Crippen molar-refractivity contribution in [2.75, 3.05) is 24.5 Å². The molecule has 2 aliphatic heterocycles. The average molecular weight is 563 g/mol. The second kappa shape index (κ2) is 12.0. The van der Waals surface area contributed by atoms with Crippen LogP contribution in [0.15, 0.2) is 54.6 Å². The number of nitrogens with zero attached hydrogens (tertiary/aromatic N) is 2. The molecule has 0 aliphatic carbocycles. The monoisotopic (exact) mass is 562 g/mol. The van der Waals surface area contributed by atoms with Crippen LogP contribution in [0.5, 0.6) is 0 Å². The van der Waals surface area contributed by atoms with Crippen LogP contribution in [-0.2, 0) is 24.1 Å². The molecule has 0 atom stereocenters. The van der Waals surface area contributed by atoms with Crippen LogP contribution in [0, 0.1) is 11.6 Å². The predicted molar refractivity (Wildman–Crippen MR) is 154 cm³/mol. The summed E-state index contributed by atoms with van der Waals surface area (Å²) in [6, 6.07) is 14.9. The molecule has 5 rings (SSSR count). The van der Waals surface area contributed by atoms with Crippen LogP contribution in [0.3, 0.4) is 0 Å². The summed E-state index contributed by atoms with van der Waals surface area (Å²) in [5.74, 6) is -2.68. The molecular weight excluding hydrogens is 526 g/mol. The Morgan fingerprint density at radius 1 is 0.927 bits per heavy atom. The number of carboxylic acid groups (broad SMARTS) is 1. The Kier molecular flexibility index (Phi) is 8.40. The lowest BCUT2D eigenvalue weighted by molar-refractivity contribution is -0.000989. The van der Waals surface area contributed by atoms with E-state index in [1.807, 2.05) is 0 Å². The SMILES string of the molecule is CCCc1cc(CN2CCC3(CC2)CN(c2ccc(C(=O)O)cc2)C(=O)O3)cc(CCC)c1-c1ccc(F)c(F)c1. The van der Waals surface area contributed by atoms with Crippen LogP contribution < -0.4 is 4.90 Å². The number of hydrogen-bond donors (Lipinski definition) is 1. The van der Waals surface area contributed by atoms with Crippen LogP contribution in [-0.4, -0.2) is 47.3 Å². The van der Waals surface area contributed by atoms with Crippen molar-refractivity contribution in [2.45, 2.75) is 64.5 Å². The van der Waals surface area contributed by atoms with Gasteiger partial charge in [0.15, 0.2) is 11.6 Å². The first-order valence-electron chi connectivity index (χ1n) is 14.4. The van der Waals surface area contributed by atoms with Gasteiger partial charge in [-0.05, 0) is 77.1 Å². The normalized spacial score (nSPS) is 16.8. The van der Waals surface area contributed by atoms with E-state index < -0.39 is 29.3 Å². The van der Waals surface area contributed by atoms with Gasteiger partial charge in [0.25, 0.3) is 0 Å². The van der Waals surface area contributed by atoms with E-state index in [1.165, 1.54) is 29.8 Å². The number of aryl methyl sites for hydroxylation is 2. The second-order valence-electron chi connectivity index (χ2n) is 11.2. The van der Waals surface area contributed by atoms with Crippen LogP contribution in [0.4, 0.5) is 19.3 Å². The molecule has 3 aromatic carbocycles. The molecule has 216 valence electrons. The van der Waals surface area contributed by atoms with Crippen molar-refractivity contribution in [3.63, 3.8) is 0 Å². The van der Waals surface area contributed by atoms with Crippen molar-refractivity contribution >= 4 is 17.7 Å². The highest BCUT2D eigenvalue weighted by Crippen LogP contribution is 2.37. The Hall–Kier alpha value is -3.78. The van der Waals surface area contributed by atoms with Gasteiger partial charge in [-0.2, -0.15) is 0 Å². The van der Waals surface area contributed by atoms with E-state index in [2.05, 4.69) is 30.9 Å². The van der Waals surface area contributed by atoms with E-state index in [4.69, 9.17) is 9.84 Å². The maximum Gasteiger partial charge on any atom is 0.415 e. The maximum atomic E-state index is 14.2. The lowest BCUT2D eigenvalue weighted by atomic mass is 9.87. The van der Waals surface area contributed by atoms with Gasteiger partial charge < -0.3 is 9.84 Å². The van der Waals surface area contributed by atoms with Crippen molar-refractivity contribution in [3.8, 4) is 11.1 Å². The molecule has 1 spiro atoms. The topological polar surface area (TPSA) is 70.1 Å². The number of piperidine rings is 1. The van der Waals surface area contributed by atoms with Crippen LogP contribution in [0.25, 0.3) is 11.1 Å². The Labute approximate surface area is 239 Å². The second-order valence-corrected chi connectivity index (χ2v) is 11.2. The van der Waals surface area contributed by atoms with E-state index in [-0.39, 0.29) is 5.56 Å². The van der Waals surface area contributed by atoms with Gasteiger partial charge in [-0.1, -0.05) is 44.9 Å². The number of carboxylic acids is 1. The summed E-state index contributed by atoms with van der Waals surface area (Å²) < 4.78 is 33.8. The first-order valence-corrected chi connectivity index (χ1v) is 14.4. The third-order valence-corrected chi connectivity index (χ3v) is 8.18. The minimum absolute atomic E-state index is 0.173. The number of aromatic carboxylic acids is 1. The van der Waals surface area contributed by atoms with Gasteiger partial charge in [0.05, 0.1) is 12.1 Å². The standard InChI is InChI=1S/C33H36F2N2O4/c1-3-5-24-17-22(18-25(6-4-2)30(24)26-9-12-28(34)29(35)19-26)20-36-15-13-33(14-16-36)21-37(32(40)41-33)27-10-7-23(8-11-27)31(38)39/h7-12,17-19H,3-6,13-16,20-21H2,1-2H3,(H,38,39). The summed E-state index contributed by atoms with van der Waals surface area (Å²) in [6.07, 6.45) is 4.60. The Morgan fingerprint density at radius 3 is 2.12 bits per heavy atom. The van der Waals surface area contributed by atoms with Crippen molar-refractivity contribution in [3.05, 3.63) is 88.5 Å². The van der Waals surface area contributed by atoms with Gasteiger partial charge in [-0.15, -0.1) is 0 Å². The lowest BCUT2D eigenvalue weighted by Gasteiger charge is -2.37. The first kappa shape index (κ1) is 28.7. The molecule has 3 aromatic rings. The molecule has 0 saturated carbocycles. The van der Waals surface area contributed by atoms with Gasteiger partial charge in [0, 0.05) is 38.2 Å². The highest BCUT2D eigenvalue weighted by Gasteiger charge is 2.47. The number of rotatable bonds is 9. The van der Waals surface area contributed by atoms with Gasteiger partial charge in [-0.25, -0.2) is 18.4 Å². The number of amides is 1. The van der Waals surface area contributed by atoms with E-state index in [0.717, 1.165) is 62.0 Å². The zero-order valence-corrected chi connectivity index (χ0v) is 23.6. The Morgan fingerprint density at radius 2 is 1.56 bits per heavy atom. The zero-order valence-electron chi connectivity index (χ0n) is 23.6. The highest BCUT2D eigenvalue weighted by molar-refractivity contribution is 5.92. The summed E-state index contributed by atoms with van der Waals surface area (Å²) in [6.45, 7) is 6.99. The molecule has 0 radical (unpaired) electrons. The number of halogens is 2. The molecule has 0 unspecified atom stereocenters. The Balaban J connectivity index is 1.30. The molecule has 8 heteroatoms. The summed E-state index contributed by atoms with van der Waals surface area (Å²) in [4.78, 5) is 27.9. The number of anilines is 1. The molecule has 2 aliphatic rings. The number of benzene rings is 3. The number of likely N-dealkylation sites (tertiary alicyclic amines) is 1. The van der Waals surface area contributed by atoms with Crippen molar-refractivity contribution in [1.82, 2.24) is 4.90 Å². The van der Waals surface area contributed by atoms with Crippen molar-refractivity contribution in [2.24, 2.45) is 0 Å². The summed E-state index contributed by atoms with van der Waals surface area (Å²) >= 11 is 0. The molecule has 2 fully saturated rings. The molecule has 1 N–H and O–H groups in total. The van der Waals surface area contributed by atoms with Crippen LogP contribution in [0.1, 0.15) is 66.6 Å². The van der Waals surface area contributed by atoms with E-state index in [0.29, 0.717) is 30.6 Å². The van der Waals surface area contributed by atoms with Gasteiger partial charge in [-0.3, -0.25) is 9.80 Å². The fourth-order valence-corrected chi connectivity index (χ4v) is 6.13. The summed E-state index contributed by atoms with van der Waals surface area (Å²) in [5.41, 5.74) is 5.48. The first-order chi connectivity index (χ1) is 19.7. The third kappa shape index (κ3) is 6.12. The van der Waals surface area contributed by atoms with Crippen LogP contribution in [0.2, 0.25) is 0 Å². The molecule has 6 nitrogen and oxygen atoms in total. The van der Waals surface area contributed by atoms with Crippen molar-refractivity contribution < 1.29 is 28.2 Å². The Bertz CT molecular complexity index is 1400. The minimum Gasteiger partial charge on any atom is -0.478 e. The third-order valence-electron chi connectivity index (χ3n) is 8.18. The predicted octanol–water partition coefficient (Wildman–Crippen LogP) is 7.23. The van der Waals surface area contributed by atoms with E-state index >= 15 is 0 Å². The molecule has 0 bridgehead atoms. The van der Waals surface area contributed by atoms with Gasteiger partial charge in [0.2, 0.25) is 0 Å². The zero-order chi connectivity index (χ0) is 29.1. The molecule has 0 aromatic heterocycles. The summed E-state index contributed by atoms with van der Waals surface area (Å²) in [7, 11) is 0. The lowest BCUT2D eigenvalue weighted by Crippen LogP contribution is -2.46. The number of carbonyl (C=O) groups is 2.